The van der Waals surface area contributed by atoms with E-state index in [1.807, 2.05) is 12.3 Å². The first-order chi connectivity index (χ1) is 19.8. The van der Waals surface area contributed by atoms with Crippen LogP contribution in [0.15, 0.2) is 152 Å². The molecule has 0 fully saturated rings. The van der Waals surface area contributed by atoms with E-state index in [1.54, 1.807) is 0 Å². The van der Waals surface area contributed by atoms with Crippen LogP contribution < -0.4 is 0 Å². The number of pyridine rings is 1. The third kappa shape index (κ3) is 3.67. The van der Waals surface area contributed by atoms with Crippen LogP contribution in [0, 0.1) is 0 Å². The van der Waals surface area contributed by atoms with Gasteiger partial charge in [0.05, 0.1) is 5.69 Å². The molecule has 0 saturated heterocycles. The summed E-state index contributed by atoms with van der Waals surface area (Å²) in [5.74, 6) is 0. The maximum absolute atomic E-state index is 4.82. The van der Waals surface area contributed by atoms with E-state index in [1.165, 1.54) is 60.1 Å². The van der Waals surface area contributed by atoms with Crippen molar-refractivity contribution in [2.45, 2.75) is 0 Å². The molecule has 1 nitrogen and oxygen atoms in total. The minimum Gasteiger partial charge on any atom is -0.256 e. The lowest BCUT2D eigenvalue weighted by Gasteiger charge is -2.16. The SMILES string of the molecule is c1ccc(-c2ccc(-c3ccc4ccc5c(-c6ccc(-c7ccccc7)nc6)ccc6ccc3c4c65)cc2)cc1. The van der Waals surface area contributed by atoms with E-state index in [0.29, 0.717) is 0 Å². The number of aromatic nitrogens is 1. The molecule has 0 unspecified atom stereocenters. The molecule has 0 N–H and O–H groups in total. The van der Waals surface area contributed by atoms with Crippen LogP contribution in [0.5, 0.6) is 0 Å². The molecule has 8 aromatic rings. The Morgan fingerprint density at radius 1 is 0.325 bits per heavy atom. The molecule has 0 aliphatic carbocycles. The second kappa shape index (κ2) is 9.18. The largest absolute Gasteiger partial charge is 0.256 e. The van der Waals surface area contributed by atoms with Gasteiger partial charge in [-0.1, -0.05) is 140 Å². The summed E-state index contributed by atoms with van der Waals surface area (Å²) in [6.45, 7) is 0. The van der Waals surface area contributed by atoms with Crippen molar-refractivity contribution >= 4 is 32.3 Å². The Bertz CT molecular complexity index is 1950. The summed E-state index contributed by atoms with van der Waals surface area (Å²) in [5.41, 5.74) is 9.45. The summed E-state index contributed by atoms with van der Waals surface area (Å²) in [6.07, 6.45) is 2.01. The van der Waals surface area contributed by atoms with Gasteiger partial charge in [0.25, 0.3) is 0 Å². The van der Waals surface area contributed by atoms with Gasteiger partial charge in [0.15, 0.2) is 0 Å². The number of hydrogen-bond donors (Lipinski definition) is 0. The summed E-state index contributed by atoms with van der Waals surface area (Å²) in [4.78, 5) is 4.82. The molecule has 0 spiro atoms. The van der Waals surface area contributed by atoms with Crippen molar-refractivity contribution in [1.82, 2.24) is 4.98 Å². The molecule has 0 radical (unpaired) electrons. The lowest BCUT2D eigenvalue weighted by molar-refractivity contribution is 1.33. The lowest BCUT2D eigenvalue weighted by atomic mass is 9.87. The van der Waals surface area contributed by atoms with Gasteiger partial charge in [-0.05, 0) is 66.2 Å². The zero-order valence-corrected chi connectivity index (χ0v) is 21.9. The number of benzene rings is 7. The zero-order chi connectivity index (χ0) is 26.5. The molecule has 1 heterocycles. The van der Waals surface area contributed by atoms with Crippen LogP contribution in [0.25, 0.3) is 77.0 Å². The van der Waals surface area contributed by atoms with Gasteiger partial charge in [0, 0.05) is 17.3 Å². The number of rotatable bonds is 4. The fourth-order valence-electron chi connectivity index (χ4n) is 6.11. The van der Waals surface area contributed by atoms with Crippen LogP contribution in [0.1, 0.15) is 0 Å². The Morgan fingerprint density at radius 2 is 0.800 bits per heavy atom. The van der Waals surface area contributed by atoms with E-state index in [-0.39, 0.29) is 0 Å². The normalized spacial score (nSPS) is 11.5. The van der Waals surface area contributed by atoms with Crippen molar-refractivity contribution in [3.63, 3.8) is 0 Å². The molecular weight excluding hydrogens is 482 g/mol. The average Bonchev–Trinajstić information content (AvgIpc) is 3.04. The monoisotopic (exact) mass is 507 g/mol. The van der Waals surface area contributed by atoms with Gasteiger partial charge in [-0.3, -0.25) is 4.98 Å². The maximum Gasteiger partial charge on any atom is 0.0702 e. The van der Waals surface area contributed by atoms with Crippen LogP contribution in [0.3, 0.4) is 0 Å². The van der Waals surface area contributed by atoms with Gasteiger partial charge >= 0.3 is 0 Å². The minimum absolute atomic E-state index is 0.991. The van der Waals surface area contributed by atoms with Gasteiger partial charge in [-0.2, -0.15) is 0 Å². The van der Waals surface area contributed by atoms with Crippen LogP contribution in [0.4, 0.5) is 0 Å². The second-order valence-corrected chi connectivity index (χ2v) is 10.4. The Hall–Kier alpha value is -5.27. The van der Waals surface area contributed by atoms with Crippen molar-refractivity contribution in [3.05, 3.63) is 152 Å². The van der Waals surface area contributed by atoms with Crippen molar-refractivity contribution in [2.24, 2.45) is 0 Å². The molecule has 1 aromatic heterocycles. The predicted octanol–water partition coefficient (Wildman–Crippen LogP) is 10.6. The summed E-state index contributed by atoms with van der Waals surface area (Å²) in [7, 11) is 0. The van der Waals surface area contributed by atoms with Crippen molar-refractivity contribution in [1.29, 1.82) is 0 Å². The van der Waals surface area contributed by atoms with E-state index in [9.17, 15) is 0 Å². The Morgan fingerprint density at radius 3 is 1.38 bits per heavy atom. The van der Waals surface area contributed by atoms with E-state index in [4.69, 9.17) is 4.98 Å². The van der Waals surface area contributed by atoms with E-state index in [2.05, 4.69) is 140 Å². The highest BCUT2D eigenvalue weighted by Gasteiger charge is 2.15. The Labute approximate surface area is 233 Å². The van der Waals surface area contributed by atoms with Gasteiger partial charge in [-0.15, -0.1) is 0 Å². The number of hydrogen-bond acceptors (Lipinski definition) is 1. The van der Waals surface area contributed by atoms with Gasteiger partial charge in [0.1, 0.15) is 0 Å². The molecule has 0 aliphatic rings. The van der Waals surface area contributed by atoms with Crippen LogP contribution in [0.2, 0.25) is 0 Å². The molecule has 0 amide bonds. The van der Waals surface area contributed by atoms with Gasteiger partial charge in [-0.25, -0.2) is 0 Å². The smallest absolute Gasteiger partial charge is 0.0702 e. The summed E-state index contributed by atoms with van der Waals surface area (Å²) in [6, 6.07) is 52.3. The highest BCUT2D eigenvalue weighted by Crippen LogP contribution is 2.42. The molecule has 0 atom stereocenters. The lowest BCUT2D eigenvalue weighted by Crippen LogP contribution is -1.90. The van der Waals surface area contributed by atoms with Crippen LogP contribution in [-0.4, -0.2) is 4.98 Å². The maximum atomic E-state index is 4.82. The van der Waals surface area contributed by atoms with Crippen molar-refractivity contribution in [3.8, 4) is 44.6 Å². The molecule has 186 valence electrons. The zero-order valence-electron chi connectivity index (χ0n) is 21.9. The average molecular weight is 508 g/mol. The molecule has 1 heteroatoms. The molecular formula is C39H25N. The van der Waals surface area contributed by atoms with E-state index >= 15 is 0 Å². The first kappa shape index (κ1) is 22.7. The first-order valence-electron chi connectivity index (χ1n) is 13.7. The molecule has 8 rings (SSSR count). The second-order valence-electron chi connectivity index (χ2n) is 10.4. The minimum atomic E-state index is 0.991. The van der Waals surface area contributed by atoms with Gasteiger partial charge in [0.2, 0.25) is 0 Å². The van der Waals surface area contributed by atoms with E-state index < -0.39 is 0 Å². The van der Waals surface area contributed by atoms with Crippen LogP contribution >= 0.6 is 0 Å². The van der Waals surface area contributed by atoms with Crippen molar-refractivity contribution < 1.29 is 0 Å². The summed E-state index contributed by atoms with van der Waals surface area (Å²) >= 11 is 0. The molecule has 0 aliphatic heterocycles. The molecule has 7 aromatic carbocycles. The fraction of sp³-hybridized carbons (Fsp3) is 0. The Balaban J connectivity index is 1.27. The third-order valence-corrected chi connectivity index (χ3v) is 8.11. The number of nitrogens with zero attached hydrogens (tertiary/aromatic N) is 1. The van der Waals surface area contributed by atoms with E-state index in [0.717, 1.165) is 16.8 Å². The predicted molar refractivity (Wildman–Crippen MR) is 170 cm³/mol. The fourth-order valence-corrected chi connectivity index (χ4v) is 6.11. The van der Waals surface area contributed by atoms with Crippen LogP contribution in [-0.2, 0) is 0 Å². The molecule has 40 heavy (non-hydrogen) atoms. The highest BCUT2D eigenvalue weighted by atomic mass is 14.7. The topological polar surface area (TPSA) is 12.9 Å². The quantitative estimate of drug-likeness (QED) is 0.216. The Kier molecular flexibility index (Phi) is 5.21. The summed E-state index contributed by atoms with van der Waals surface area (Å²) < 4.78 is 0. The molecule has 0 saturated carbocycles. The highest BCUT2D eigenvalue weighted by molar-refractivity contribution is 6.27. The van der Waals surface area contributed by atoms with Crippen molar-refractivity contribution in [2.75, 3.05) is 0 Å². The van der Waals surface area contributed by atoms with Gasteiger partial charge < -0.3 is 0 Å². The first-order valence-corrected chi connectivity index (χ1v) is 13.7. The standard InChI is InChI=1S/C39H25N/c1-3-7-26(8-4-1)27-11-13-28(14-12-27)33-20-15-30-18-23-36-34(21-16-31-17-22-35(33)38(30)39(31)36)32-19-24-37(40-25-32)29-9-5-2-6-10-29/h1-25H. The molecule has 0 bridgehead atoms. The third-order valence-electron chi connectivity index (χ3n) is 8.11. The summed E-state index contributed by atoms with van der Waals surface area (Å²) in [5, 5.41) is 7.74.